The number of carbonyl (C=O) groups is 1. The van der Waals surface area contributed by atoms with Crippen molar-refractivity contribution in [1.82, 2.24) is 9.38 Å². The molecular formula is C18H13F2N3O2. The Hall–Kier alpha value is -3.40. The van der Waals surface area contributed by atoms with Crippen LogP contribution in [0.5, 0.6) is 0 Å². The first-order valence-electron chi connectivity index (χ1n) is 7.24. The van der Waals surface area contributed by atoms with E-state index in [4.69, 9.17) is 11.2 Å². The fraction of sp³-hybridized carbons (Fsp3) is 0.111. The minimum atomic E-state index is -0.843. The molecule has 25 heavy (non-hydrogen) atoms. The summed E-state index contributed by atoms with van der Waals surface area (Å²) in [5.41, 5.74) is 0.530. The van der Waals surface area contributed by atoms with Crippen LogP contribution in [0.2, 0.25) is 0 Å². The van der Waals surface area contributed by atoms with Gasteiger partial charge in [0.05, 0.1) is 24.7 Å². The third-order valence-electron chi connectivity index (χ3n) is 3.68. The number of methoxy groups -OCH3 is 1. The standard InChI is InChI=1S/C18H13F2N3O2/c1-4-11-8-21-17-15(20)16(12(9-23(11)17)18(24)25-3)22-14-6-5-10(2)7-13(14)19/h1,5-9,22H,2-3H3. The molecule has 2 heterocycles. The number of halogens is 2. The van der Waals surface area contributed by atoms with Crippen LogP contribution in [-0.4, -0.2) is 22.5 Å². The van der Waals surface area contributed by atoms with E-state index in [0.717, 1.165) is 7.11 Å². The highest BCUT2D eigenvalue weighted by Gasteiger charge is 2.22. The number of imidazole rings is 1. The molecule has 2 aromatic heterocycles. The molecule has 126 valence electrons. The topological polar surface area (TPSA) is 55.6 Å². The van der Waals surface area contributed by atoms with E-state index in [-0.39, 0.29) is 28.3 Å². The number of anilines is 2. The Kier molecular flexibility index (Phi) is 4.11. The summed E-state index contributed by atoms with van der Waals surface area (Å²) in [5, 5.41) is 2.62. The van der Waals surface area contributed by atoms with Gasteiger partial charge in [-0.1, -0.05) is 12.0 Å². The first kappa shape index (κ1) is 16.5. The molecule has 0 aliphatic carbocycles. The molecule has 0 radical (unpaired) electrons. The third kappa shape index (κ3) is 2.78. The zero-order valence-corrected chi connectivity index (χ0v) is 13.4. The lowest BCUT2D eigenvalue weighted by Gasteiger charge is -2.14. The van der Waals surface area contributed by atoms with Gasteiger partial charge in [-0.2, -0.15) is 0 Å². The van der Waals surface area contributed by atoms with Gasteiger partial charge in [-0.25, -0.2) is 18.6 Å². The number of esters is 1. The van der Waals surface area contributed by atoms with Crippen molar-refractivity contribution in [3.05, 3.63) is 59.0 Å². The highest BCUT2D eigenvalue weighted by molar-refractivity contribution is 5.97. The van der Waals surface area contributed by atoms with Crippen molar-refractivity contribution in [2.24, 2.45) is 0 Å². The van der Waals surface area contributed by atoms with E-state index in [1.54, 1.807) is 13.0 Å². The molecule has 7 heteroatoms. The van der Waals surface area contributed by atoms with Gasteiger partial charge in [-0.15, -0.1) is 6.42 Å². The van der Waals surface area contributed by atoms with Crippen molar-refractivity contribution < 1.29 is 18.3 Å². The summed E-state index contributed by atoms with van der Waals surface area (Å²) in [6.07, 6.45) is 7.96. The molecule has 0 spiro atoms. The summed E-state index contributed by atoms with van der Waals surface area (Å²) in [5.74, 6) is 0.125. The molecule has 1 aromatic carbocycles. The molecule has 0 atom stereocenters. The molecule has 0 saturated heterocycles. The zero-order valence-electron chi connectivity index (χ0n) is 13.4. The second kappa shape index (κ2) is 6.24. The van der Waals surface area contributed by atoms with Crippen LogP contribution in [0.15, 0.2) is 30.6 Å². The summed E-state index contributed by atoms with van der Waals surface area (Å²) >= 11 is 0. The Morgan fingerprint density at radius 2 is 2.16 bits per heavy atom. The predicted octanol–water partition coefficient (Wildman–Crippen LogP) is 3.43. The minimum Gasteiger partial charge on any atom is -0.465 e. The summed E-state index contributed by atoms with van der Waals surface area (Å²) in [6, 6.07) is 4.40. The third-order valence-corrected chi connectivity index (χ3v) is 3.68. The largest absolute Gasteiger partial charge is 0.465 e. The number of hydrogen-bond donors (Lipinski definition) is 1. The van der Waals surface area contributed by atoms with Crippen molar-refractivity contribution in [3.8, 4) is 12.3 Å². The average Bonchev–Trinajstić information content (AvgIpc) is 3.01. The zero-order chi connectivity index (χ0) is 18.1. The summed E-state index contributed by atoms with van der Waals surface area (Å²) < 4.78 is 35.0. The molecule has 5 nitrogen and oxygen atoms in total. The van der Waals surface area contributed by atoms with Gasteiger partial charge in [0, 0.05) is 6.20 Å². The van der Waals surface area contributed by atoms with Crippen LogP contribution in [-0.2, 0) is 4.74 Å². The Morgan fingerprint density at radius 3 is 2.80 bits per heavy atom. The number of nitrogens with zero attached hydrogens (tertiary/aromatic N) is 2. The Labute approximate surface area is 142 Å². The average molecular weight is 341 g/mol. The number of pyridine rings is 1. The highest BCUT2D eigenvalue weighted by atomic mass is 19.1. The Bertz CT molecular complexity index is 1030. The lowest BCUT2D eigenvalue weighted by atomic mass is 10.1. The Morgan fingerprint density at radius 1 is 1.40 bits per heavy atom. The van der Waals surface area contributed by atoms with Gasteiger partial charge in [0.25, 0.3) is 0 Å². The maximum atomic E-state index is 14.9. The first-order chi connectivity index (χ1) is 12.0. The fourth-order valence-electron chi connectivity index (χ4n) is 2.43. The van der Waals surface area contributed by atoms with Crippen molar-refractivity contribution in [3.63, 3.8) is 0 Å². The first-order valence-corrected chi connectivity index (χ1v) is 7.24. The SMILES string of the molecule is C#Cc1cnc2c(F)c(Nc3ccc(C)cc3F)c(C(=O)OC)cn12. The van der Waals surface area contributed by atoms with Crippen LogP contribution in [0.25, 0.3) is 5.65 Å². The van der Waals surface area contributed by atoms with Crippen LogP contribution in [0.4, 0.5) is 20.2 Å². The number of carbonyl (C=O) groups excluding carboxylic acids is 1. The molecular weight excluding hydrogens is 328 g/mol. The fourth-order valence-corrected chi connectivity index (χ4v) is 2.43. The minimum absolute atomic E-state index is 0.0164. The number of aromatic nitrogens is 2. The van der Waals surface area contributed by atoms with Crippen LogP contribution in [0, 0.1) is 30.9 Å². The van der Waals surface area contributed by atoms with Gasteiger partial charge in [-0.05, 0) is 24.6 Å². The monoisotopic (exact) mass is 341 g/mol. The van der Waals surface area contributed by atoms with Gasteiger partial charge in [0.2, 0.25) is 0 Å². The van der Waals surface area contributed by atoms with Gasteiger partial charge in [-0.3, -0.25) is 4.40 Å². The number of aryl methyl sites for hydroxylation is 1. The van der Waals surface area contributed by atoms with Gasteiger partial charge in [0.1, 0.15) is 17.1 Å². The van der Waals surface area contributed by atoms with Crippen molar-refractivity contribution in [2.45, 2.75) is 6.92 Å². The molecule has 0 saturated carbocycles. The number of ether oxygens (including phenoxy) is 1. The number of terminal acetylenes is 1. The molecule has 0 amide bonds. The smallest absolute Gasteiger partial charge is 0.341 e. The molecule has 1 N–H and O–H groups in total. The van der Waals surface area contributed by atoms with Crippen LogP contribution in [0.1, 0.15) is 21.6 Å². The number of fused-ring (bicyclic) bond motifs is 1. The quantitative estimate of drug-likeness (QED) is 0.586. The maximum absolute atomic E-state index is 14.9. The normalized spacial score (nSPS) is 10.5. The lowest BCUT2D eigenvalue weighted by molar-refractivity contribution is 0.0601. The summed E-state index contributed by atoms with van der Waals surface area (Å²) in [7, 11) is 1.16. The second-order valence-electron chi connectivity index (χ2n) is 5.31. The van der Waals surface area contributed by atoms with E-state index in [1.165, 1.54) is 28.9 Å². The predicted molar refractivity (Wildman–Crippen MR) is 88.8 cm³/mol. The Balaban J connectivity index is 2.23. The van der Waals surface area contributed by atoms with E-state index in [0.29, 0.717) is 5.56 Å². The van der Waals surface area contributed by atoms with Gasteiger partial charge in [0.15, 0.2) is 11.5 Å². The van der Waals surface area contributed by atoms with Crippen LogP contribution < -0.4 is 5.32 Å². The van der Waals surface area contributed by atoms with Crippen molar-refractivity contribution >= 4 is 23.0 Å². The molecule has 0 unspecified atom stereocenters. The molecule has 3 aromatic rings. The van der Waals surface area contributed by atoms with Gasteiger partial charge >= 0.3 is 5.97 Å². The van der Waals surface area contributed by atoms with E-state index in [1.807, 2.05) is 0 Å². The van der Waals surface area contributed by atoms with Gasteiger partial charge < -0.3 is 10.1 Å². The molecule has 0 bridgehead atoms. The van der Waals surface area contributed by atoms with E-state index >= 15 is 0 Å². The molecule has 3 rings (SSSR count). The molecule has 0 fully saturated rings. The van der Waals surface area contributed by atoms with E-state index in [2.05, 4.69) is 16.2 Å². The summed E-state index contributed by atoms with van der Waals surface area (Å²) in [6.45, 7) is 1.73. The summed E-state index contributed by atoms with van der Waals surface area (Å²) in [4.78, 5) is 16.0. The van der Waals surface area contributed by atoms with E-state index < -0.39 is 17.6 Å². The van der Waals surface area contributed by atoms with Crippen LogP contribution in [0.3, 0.4) is 0 Å². The van der Waals surface area contributed by atoms with Crippen LogP contribution >= 0.6 is 0 Å². The highest BCUT2D eigenvalue weighted by Crippen LogP contribution is 2.29. The maximum Gasteiger partial charge on any atom is 0.341 e. The number of nitrogens with one attached hydrogen (secondary N) is 1. The van der Waals surface area contributed by atoms with Crippen molar-refractivity contribution in [1.29, 1.82) is 0 Å². The number of rotatable bonds is 3. The number of hydrogen-bond acceptors (Lipinski definition) is 4. The number of benzene rings is 1. The van der Waals surface area contributed by atoms with E-state index in [9.17, 15) is 13.6 Å². The molecule has 0 aliphatic rings. The lowest BCUT2D eigenvalue weighted by Crippen LogP contribution is -2.11. The molecule has 0 aliphatic heterocycles. The second-order valence-corrected chi connectivity index (χ2v) is 5.31. The van der Waals surface area contributed by atoms with Crippen molar-refractivity contribution in [2.75, 3.05) is 12.4 Å².